The number of aromatic nitrogens is 1. The summed E-state index contributed by atoms with van der Waals surface area (Å²) in [7, 11) is 0. The summed E-state index contributed by atoms with van der Waals surface area (Å²) in [6.45, 7) is 10.9. The third-order valence-corrected chi connectivity index (χ3v) is 9.45. The number of carbonyl (C=O) groups is 4. The van der Waals surface area contributed by atoms with Crippen molar-refractivity contribution < 1.29 is 28.7 Å². The van der Waals surface area contributed by atoms with Crippen LogP contribution in [0.4, 0.5) is 9.59 Å². The normalized spacial score (nSPS) is 23.9. The van der Waals surface area contributed by atoms with Crippen LogP contribution in [0.5, 0.6) is 0 Å². The summed E-state index contributed by atoms with van der Waals surface area (Å²) < 4.78 is 10.6. The summed E-state index contributed by atoms with van der Waals surface area (Å²) in [4.78, 5) is 56.0. The van der Waals surface area contributed by atoms with Crippen LogP contribution in [0.25, 0.3) is 10.9 Å². The third-order valence-electron chi connectivity index (χ3n) is 9.45. The number of fused-ring (bicyclic) bond motifs is 1. The Balaban J connectivity index is 1.24. The molecule has 0 saturated heterocycles. The van der Waals surface area contributed by atoms with Crippen molar-refractivity contribution in [1.82, 2.24) is 26.5 Å². The highest BCUT2D eigenvalue weighted by molar-refractivity contribution is 5.97. The molecule has 4 N–H and O–H groups in total. The molecule has 1 aromatic heterocycles. The molecule has 1 heterocycles. The molecule has 4 fully saturated rings. The van der Waals surface area contributed by atoms with Crippen LogP contribution in [0, 0.1) is 17.8 Å². The van der Waals surface area contributed by atoms with E-state index in [1.165, 1.54) is 24.8 Å². The van der Waals surface area contributed by atoms with Gasteiger partial charge in [0.05, 0.1) is 5.52 Å². The Hall–Kier alpha value is -3.89. The van der Waals surface area contributed by atoms with E-state index >= 15 is 0 Å². The molecule has 0 radical (unpaired) electrons. The summed E-state index contributed by atoms with van der Waals surface area (Å²) in [5.74, 6) is 1.12. The van der Waals surface area contributed by atoms with E-state index in [0.29, 0.717) is 19.4 Å². The molecule has 0 unspecified atom stereocenters. The number of hydrazine groups is 1. The Bertz CT molecular complexity index is 1460. The monoisotopic (exact) mass is 649 g/mol. The molecule has 0 aliphatic heterocycles. The van der Waals surface area contributed by atoms with E-state index < -0.39 is 41.2 Å². The number of unbranched alkanes of at least 4 members (excludes halogenated alkanes) is 1. The highest BCUT2D eigenvalue weighted by Gasteiger charge is 2.52. The third kappa shape index (κ3) is 8.93. The fraction of sp³-hybridized carbons (Fsp3) is 0.639. The van der Waals surface area contributed by atoms with Crippen LogP contribution in [-0.4, -0.2) is 52.8 Å². The second-order valence-electron chi connectivity index (χ2n) is 15.8. The van der Waals surface area contributed by atoms with Gasteiger partial charge in [0.1, 0.15) is 22.9 Å². The molecule has 6 rings (SSSR count). The van der Waals surface area contributed by atoms with Crippen LogP contribution >= 0.6 is 0 Å². The standard InChI is InChI=1S/C36H51N5O6/c1-34(2,3)46-32(44)37-14-10-9-13-28(39-33(45)47-35(4,5)6)30(42)40-41-31(43)29-18-26(25-11-7-8-12-27(25)38-29)36-19-22-15-23(20-36)17-24(16-22)21-36/h7-8,11-12,18,22-24,28H,9-10,13-17,19-21H2,1-6H3,(H,37,44)(H,39,45)(H,40,42)(H,41,43)/t22?,23?,24?,28-,36?/m0/s1. The Labute approximate surface area is 277 Å². The molecule has 4 aliphatic rings. The van der Waals surface area contributed by atoms with Crippen LogP contribution < -0.4 is 21.5 Å². The summed E-state index contributed by atoms with van der Waals surface area (Å²) >= 11 is 0. The van der Waals surface area contributed by atoms with Crippen molar-refractivity contribution in [3.63, 3.8) is 0 Å². The molecular formula is C36H51N5O6. The van der Waals surface area contributed by atoms with Crippen molar-refractivity contribution in [2.75, 3.05) is 6.54 Å². The lowest BCUT2D eigenvalue weighted by Gasteiger charge is -2.57. The van der Waals surface area contributed by atoms with Gasteiger partial charge in [0.2, 0.25) is 0 Å². The Morgan fingerprint density at radius 1 is 0.851 bits per heavy atom. The summed E-state index contributed by atoms with van der Waals surface area (Å²) in [6.07, 6.45) is 7.44. The summed E-state index contributed by atoms with van der Waals surface area (Å²) in [5.41, 5.74) is 5.94. The van der Waals surface area contributed by atoms with E-state index in [1.807, 2.05) is 24.3 Å². The number of amides is 4. The average molecular weight is 650 g/mol. The Morgan fingerprint density at radius 2 is 1.45 bits per heavy atom. The maximum Gasteiger partial charge on any atom is 0.408 e. The van der Waals surface area contributed by atoms with Gasteiger partial charge in [0.25, 0.3) is 11.8 Å². The lowest BCUT2D eigenvalue weighted by molar-refractivity contribution is -0.124. The Kier molecular flexibility index (Phi) is 10.0. The minimum atomic E-state index is -0.987. The van der Waals surface area contributed by atoms with E-state index in [-0.39, 0.29) is 17.5 Å². The minimum absolute atomic E-state index is 0.0519. The van der Waals surface area contributed by atoms with Crippen LogP contribution in [-0.2, 0) is 19.7 Å². The van der Waals surface area contributed by atoms with Crippen LogP contribution in [0.15, 0.2) is 30.3 Å². The molecule has 47 heavy (non-hydrogen) atoms. The van der Waals surface area contributed by atoms with Gasteiger partial charge in [-0.15, -0.1) is 0 Å². The molecule has 256 valence electrons. The van der Waals surface area contributed by atoms with Gasteiger partial charge in [-0.3, -0.25) is 20.4 Å². The number of nitrogens with one attached hydrogen (secondary N) is 4. The van der Waals surface area contributed by atoms with Gasteiger partial charge in [-0.25, -0.2) is 14.6 Å². The highest BCUT2D eigenvalue weighted by Crippen LogP contribution is 2.61. The second kappa shape index (κ2) is 13.7. The smallest absolute Gasteiger partial charge is 0.408 e. The van der Waals surface area contributed by atoms with Crippen molar-refractivity contribution >= 4 is 34.9 Å². The number of pyridine rings is 1. The Morgan fingerprint density at radius 3 is 2.06 bits per heavy atom. The van der Waals surface area contributed by atoms with Gasteiger partial charge in [-0.2, -0.15) is 0 Å². The first-order valence-corrected chi connectivity index (χ1v) is 17.1. The second-order valence-corrected chi connectivity index (χ2v) is 15.8. The van der Waals surface area contributed by atoms with Gasteiger partial charge >= 0.3 is 12.2 Å². The maximum absolute atomic E-state index is 13.5. The van der Waals surface area contributed by atoms with Gasteiger partial charge in [0.15, 0.2) is 0 Å². The largest absolute Gasteiger partial charge is 0.444 e. The van der Waals surface area contributed by atoms with E-state index in [2.05, 4.69) is 32.5 Å². The summed E-state index contributed by atoms with van der Waals surface area (Å²) in [5, 5.41) is 6.41. The topological polar surface area (TPSA) is 148 Å². The molecule has 0 spiro atoms. The SMILES string of the molecule is CC(C)(C)OC(=O)NCCCC[C@H](NC(=O)OC(C)(C)C)C(=O)NNC(=O)c1cc(C23CC4CC(CC(C4)C2)C3)c2ccccc2n1. The van der Waals surface area contributed by atoms with Gasteiger partial charge < -0.3 is 20.1 Å². The zero-order valence-electron chi connectivity index (χ0n) is 28.7. The lowest BCUT2D eigenvalue weighted by atomic mass is 9.48. The number of carbonyl (C=O) groups excluding carboxylic acids is 4. The number of nitrogens with zero attached hydrogens (tertiary/aromatic N) is 1. The maximum atomic E-state index is 13.5. The molecule has 1 aromatic carbocycles. The quantitative estimate of drug-likeness (QED) is 0.191. The number of ether oxygens (including phenoxy) is 2. The van der Waals surface area contributed by atoms with E-state index in [0.717, 1.165) is 47.9 Å². The lowest BCUT2D eigenvalue weighted by Crippen LogP contribution is -2.53. The van der Waals surface area contributed by atoms with Crippen LogP contribution in [0.3, 0.4) is 0 Å². The zero-order chi connectivity index (χ0) is 34.0. The molecule has 1 atom stereocenters. The fourth-order valence-electron chi connectivity index (χ4n) is 8.14. The number of benzene rings is 1. The first kappa shape index (κ1) is 34.4. The first-order valence-electron chi connectivity index (χ1n) is 17.1. The molecule has 4 saturated carbocycles. The number of alkyl carbamates (subject to hydrolysis) is 2. The predicted octanol–water partition coefficient (Wildman–Crippen LogP) is 6.05. The molecule has 2 aromatic rings. The van der Waals surface area contributed by atoms with Gasteiger partial charge in [-0.1, -0.05) is 18.2 Å². The first-order chi connectivity index (χ1) is 22.1. The van der Waals surface area contributed by atoms with E-state index in [4.69, 9.17) is 9.47 Å². The highest BCUT2D eigenvalue weighted by atomic mass is 16.6. The van der Waals surface area contributed by atoms with Crippen molar-refractivity contribution in [2.24, 2.45) is 17.8 Å². The number of rotatable bonds is 9. The van der Waals surface area contributed by atoms with Crippen molar-refractivity contribution in [2.45, 2.75) is 122 Å². The van der Waals surface area contributed by atoms with Crippen molar-refractivity contribution in [1.29, 1.82) is 0 Å². The van der Waals surface area contributed by atoms with Crippen molar-refractivity contribution in [3.05, 3.63) is 41.6 Å². The molecule has 4 aliphatic carbocycles. The van der Waals surface area contributed by atoms with Crippen LogP contribution in [0.1, 0.15) is 115 Å². The van der Waals surface area contributed by atoms with Crippen LogP contribution in [0.2, 0.25) is 0 Å². The number of hydrogen-bond acceptors (Lipinski definition) is 7. The van der Waals surface area contributed by atoms with E-state index in [1.54, 1.807) is 41.5 Å². The molecule has 4 bridgehead atoms. The number of para-hydroxylation sites is 1. The molecule has 4 amide bonds. The fourth-order valence-corrected chi connectivity index (χ4v) is 8.14. The van der Waals surface area contributed by atoms with E-state index in [9.17, 15) is 19.2 Å². The summed E-state index contributed by atoms with van der Waals surface area (Å²) in [6, 6.07) is 8.95. The van der Waals surface area contributed by atoms with Gasteiger partial charge in [-0.05, 0) is 140 Å². The van der Waals surface area contributed by atoms with Crippen molar-refractivity contribution in [3.8, 4) is 0 Å². The predicted molar refractivity (Wildman–Crippen MR) is 178 cm³/mol. The van der Waals surface area contributed by atoms with Gasteiger partial charge in [0, 0.05) is 11.9 Å². The molecular weight excluding hydrogens is 598 g/mol. The average Bonchev–Trinajstić information content (AvgIpc) is 2.95. The molecule has 11 heteroatoms. The number of hydrogen-bond donors (Lipinski definition) is 4. The minimum Gasteiger partial charge on any atom is -0.444 e. The zero-order valence-corrected chi connectivity index (χ0v) is 28.7. The molecule has 11 nitrogen and oxygen atoms in total.